The second-order valence-corrected chi connectivity index (χ2v) is 7.75. The van der Waals surface area contributed by atoms with Gasteiger partial charge in [0.05, 0.1) is 13.2 Å². The molecule has 1 heterocycles. The molecular formula is C24H27ClN2O2. The minimum atomic E-state index is 0.524. The van der Waals surface area contributed by atoms with Crippen LogP contribution >= 0.6 is 11.6 Å². The highest BCUT2D eigenvalue weighted by Gasteiger charge is 2.11. The summed E-state index contributed by atoms with van der Waals surface area (Å²) in [5, 5.41) is 6.82. The molecule has 4 nitrogen and oxygen atoms in total. The normalized spacial score (nSPS) is 14.9. The number of ether oxygens (including phenoxy) is 2. The maximum atomic E-state index is 6.21. The summed E-state index contributed by atoms with van der Waals surface area (Å²) in [5.41, 5.74) is 2.31. The van der Waals surface area contributed by atoms with Crippen LogP contribution in [0.5, 0.6) is 5.75 Å². The molecule has 1 saturated heterocycles. The van der Waals surface area contributed by atoms with Gasteiger partial charge in [-0.3, -0.25) is 4.90 Å². The van der Waals surface area contributed by atoms with E-state index in [2.05, 4.69) is 46.6 Å². The molecule has 0 saturated carbocycles. The Hall–Kier alpha value is -2.11. The zero-order chi connectivity index (χ0) is 19.9. The summed E-state index contributed by atoms with van der Waals surface area (Å²) < 4.78 is 11.6. The monoisotopic (exact) mass is 410 g/mol. The van der Waals surface area contributed by atoms with Crippen LogP contribution in [-0.2, 0) is 17.9 Å². The van der Waals surface area contributed by atoms with Gasteiger partial charge in [0, 0.05) is 43.3 Å². The Morgan fingerprint density at radius 2 is 1.76 bits per heavy atom. The molecule has 0 aromatic heterocycles. The molecule has 3 aromatic rings. The lowest BCUT2D eigenvalue weighted by Crippen LogP contribution is -2.40. The van der Waals surface area contributed by atoms with Crippen molar-refractivity contribution in [3.8, 4) is 5.75 Å². The Bertz CT molecular complexity index is 924. The molecule has 29 heavy (non-hydrogen) atoms. The van der Waals surface area contributed by atoms with Gasteiger partial charge >= 0.3 is 0 Å². The van der Waals surface area contributed by atoms with Gasteiger partial charge in [0.2, 0.25) is 0 Å². The van der Waals surface area contributed by atoms with Crippen LogP contribution in [0.1, 0.15) is 11.1 Å². The van der Waals surface area contributed by atoms with Crippen molar-refractivity contribution in [1.29, 1.82) is 0 Å². The minimum Gasteiger partial charge on any atom is -0.489 e. The number of morpholine rings is 1. The second kappa shape index (κ2) is 10.1. The predicted molar refractivity (Wildman–Crippen MR) is 119 cm³/mol. The lowest BCUT2D eigenvalue weighted by atomic mass is 10.0. The number of hydrogen-bond donors (Lipinski definition) is 1. The first-order valence-electron chi connectivity index (χ1n) is 10.2. The van der Waals surface area contributed by atoms with E-state index in [1.165, 1.54) is 16.3 Å². The molecule has 0 amide bonds. The number of rotatable bonds is 8. The second-order valence-electron chi connectivity index (χ2n) is 7.31. The van der Waals surface area contributed by atoms with E-state index in [0.717, 1.165) is 62.3 Å². The number of halogens is 1. The molecular weight excluding hydrogens is 384 g/mol. The van der Waals surface area contributed by atoms with Crippen LogP contribution in [0.25, 0.3) is 10.8 Å². The SMILES string of the molecule is Clc1ccc(COc2ccc3ccccc3c2CNCCN2CCOCC2)cc1. The van der Waals surface area contributed by atoms with Gasteiger partial charge < -0.3 is 14.8 Å². The molecule has 0 bridgehead atoms. The molecule has 0 aliphatic carbocycles. The van der Waals surface area contributed by atoms with E-state index in [9.17, 15) is 0 Å². The van der Waals surface area contributed by atoms with Gasteiger partial charge in [-0.1, -0.05) is 54.1 Å². The van der Waals surface area contributed by atoms with Crippen molar-refractivity contribution >= 4 is 22.4 Å². The van der Waals surface area contributed by atoms with Crippen molar-refractivity contribution in [3.05, 3.63) is 76.8 Å². The van der Waals surface area contributed by atoms with Crippen molar-refractivity contribution in [1.82, 2.24) is 10.2 Å². The zero-order valence-electron chi connectivity index (χ0n) is 16.6. The van der Waals surface area contributed by atoms with E-state index in [4.69, 9.17) is 21.1 Å². The van der Waals surface area contributed by atoms with Gasteiger partial charge in [0.25, 0.3) is 0 Å². The molecule has 4 rings (SSSR count). The largest absolute Gasteiger partial charge is 0.489 e. The highest BCUT2D eigenvalue weighted by molar-refractivity contribution is 6.30. The van der Waals surface area contributed by atoms with Crippen LogP contribution in [0, 0.1) is 0 Å². The van der Waals surface area contributed by atoms with Gasteiger partial charge in [0.1, 0.15) is 12.4 Å². The van der Waals surface area contributed by atoms with Crippen molar-refractivity contribution in [3.63, 3.8) is 0 Å². The van der Waals surface area contributed by atoms with Gasteiger partial charge in [-0.15, -0.1) is 0 Å². The summed E-state index contributed by atoms with van der Waals surface area (Å²) in [4.78, 5) is 2.44. The molecule has 5 heteroatoms. The highest BCUT2D eigenvalue weighted by atomic mass is 35.5. The Kier molecular flexibility index (Phi) is 7.01. The Labute approximate surface area is 177 Å². The van der Waals surface area contributed by atoms with Crippen LogP contribution in [0.2, 0.25) is 5.02 Å². The van der Waals surface area contributed by atoms with Crippen molar-refractivity contribution < 1.29 is 9.47 Å². The average Bonchev–Trinajstić information content (AvgIpc) is 2.77. The lowest BCUT2D eigenvalue weighted by molar-refractivity contribution is 0.0384. The predicted octanol–water partition coefficient (Wildman–Crippen LogP) is 4.49. The molecule has 1 fully saturated rings. The molecule has 0 radical (unpaired) electrons. The smallest absolute Gasteiger partial charge is 0.124 e. The Balaban J connectivity index is 1.44. The standard InChI is InChI=1S/C24H27ClN2O2/c25-21-8-5-19(6-9-21)18-29-24-10-7-20-3-1-2-4-22(20)23(24)17-26-11-12-27-13-15-28-16-14-27/h1-10,26H,11-18H2. The molecule has 3 aromatic carbocycles. The first-order chi connectivity index (χ1) is 14.3. The summed E-state index contributed by atoms with van der Waals surface area (Å²) in [6.45, 7) is 7.00. The number of benzene rings is 3. The Morgan fingerprint density at radius 1 is 0.966 bits per heavy atom. The van der Waals surface area contributed by atoms with E-state index in [0.29, 0.717) is 6.61 Å². The maximum absolute atomic E-state index is 6.21. The van der Waals surface area contributed by atoms with E-state index < -0.39 is 0 Å². The zero-order valence-corrected chi connectivity index (χ0v) is 17.3. The first-order valence-corrected chi connectivity index (χ1v) is 10.6. The van der Waals surface area contributed by atoms with E-state index in [1.807, 2.05) is 24.3 Å². The maximum Gasteiger partial charge on any atom is 0.124 e. The fraction of sp³-hybridized carbons (Fsp3) is 0.333. The summed E-state index contributed by atoms with van der Waals surface area (Å²) in [5.74, 6) is 0.928. The highest BCUT2D eigenvalue weighted by Crippen LogP contribution is 2.29. The molecule has 0 atom stereocenters. The van der Waals surface area contributed by atoms with Crippen LogP contribution in [0.4, 0.5) is 0 Å². The summed E-state index contributed by atoms with van der Waals surface area (Å²) >= 11 is 5.99. The average molecular weight is 411 g/mol. The molecule has 1 aliphatic rings. The topological polar surface area (TPSA) is 33.7 Å². The molecule has 0 unspecified atom stereocenters. The lowest BCUT2D eigenvalue weighted by Gasteiger charge is -2.26. The molecule has 152 valence electrons. The molecule has 1 N–H and O–H groups in total. The van der Waals surface area contributed by atoms with Crippen LogP contribution in [0.15, 0.2) is 60.7 Å². The third-order valence-corrected chi connectivity index (χ3v) is 5.57. The fourth-order valence-corrected chi connectivity index (χ4v) is 3.78. The summed E-state index contributed by atoms with van der Waals surface area (Å²) in [6.07, 6.45) is 0. The molecule has 0 spiro atoms. The first kappa shape index (κ1) is 20.2. The Morgan fingerprint density at radius 3 is 2.59 bits per heavy atom. The molecule has 1 aliphatic heterocycles. The summed E-state index contributed by atoms with van der Waals surface area (Å²) in [7, 11) is 0. The minimum absolute atomic E-state index is 0.524. The quantitative estimate of drug-likeness (QED) is 0.554. The fourth-order valence-electron chi connectivity index (χ4n) is 3.65. The third-order valence-electron chi connectivity index (χ3n) is 5.32. The van der Waals surface area contributed by atoms with Crippen molar-refractivity contribution in [2.45, 2.75) is 13.2 Å². The third kappa shape index (κ3) is 5.49. The van der Waals surface area contributed by atoms with E-state index in [-0.39, 0.29) is 0 Å². The van der Waals surface area contributed by atoms with E-state index >= 15 is 0 Å². The number of fused-ring (bicyclic) bond motifs is 1. The summed E-state index contributed by atoms with van der Waals surface area (Å²) in [6, 6.07) is 20.5. The van der Waals surface area contributed by atoms with Gasteiger partial charge in [-0.2, -0.15) is 0 Å². The number of nitrogens with one attached hydrogen (secondary N) is 1. The van der Waals surface area contributed by atoms with Gasteiger partial charge in [-0.25, -0.2) is 0 Å². The van der Waals surface area contributed by atoms with Crippen LogP contribution in [0.3, 0.4) is 0 Å². The van der Waals surface area contributed by atoms with Crippen molar-refractivity contribution in [2.75, 3.05) is 39.4 Å². The number of nitrogens with zero attached hydrogens (tertiary/aromatic N) is 1. The van der Waals surface area contributed by atoms with Crippen molar-refractivity contribution in [2.24, 2.45) is 0 Å². The van der Waals surface area contributed by atoms with E-state index in [1.54, 1.807) is 0 Å². The number of hydrogen-bond acceptors (Lipinski definition) is 4. The van der Waals surface area contributed by atoms with Crippen LogP contribution < -0.4 is 10.1 Å². The van der Waals surface area contributed by atoms with Gasteiger partial charge in [-0.05, 0) is 34.5 Å². The van der Waals surface area contributed by atoms with Gasteiger partial charge in [0.15, 0.2) is 0 Å². The van der Waals surface area contributed by atoms with Crippen LogP contribution in [-0.4, -0.2) is 44.3 Å².